The van der Waals surface area contributed by atoms with Crippen LogP contribution in [-0.2, 0) is 17.6 Å². The van der Waals surface area contributed by atoms with Crippen LogP contribution < -0.4 is 10.2 Å². The predicted molar refractivity (Wildman–Crippen MR) is 116 cm³/mol. The molecular weight excluding hydrogens is 346 g/mol. The van der Waals surface area contributed by atoms with Gasteiger partial charge in [-0.1, -0.05) is 30.3 Å². The van der Waals surface area contributed by atoms with Crippen LogP contribution >= 0.6 is 0 Å². The van der Waals surface area contributed by atoms with Crippen LogP contribution in [0.15, 0.2) is 42.5 Å². The Kier molecular flexibility index (Phi) is 5.96. The van der Waals surface area contributed by atoms with Crippen molar-refractivity contribution < 1.29 is 4.79 Å². The van der Waals surface area contributed by atoms with Crippen LogP contribution in [0.3, 0.4) is 0 Å². The predicted octanol–water partition coefficient (Wildman–Crippen LogP) is 4.02. The first-order chi connectivity index (χ1) is 13.7. The van der Waals surface area contributed by atoms with E-state index in [1.807, 2.05) is 0 Å². The second kappa shape index (κ2) is 8.78. The Morgan fingerprint density at radius 2 is 1.79 bits per heavy atom. The number of carbonyl (C=O) groups excluding carboxylic acids is 1. The van der Waals surface area contributed by atoms with E-state index in [1.165, 1.54) is 41.8 Å². The molecule has 0 aromatic heterocycles. The van der Waals surface area contributed by atoms with Gasteiger partial charge in [-0.3, -0.25) is 9.69 Å². The Morgan fingerprint density at radius 3 is 2.61 bits per heavy atom. The number of aryl methyl sites for hydroxylation is 3. The summed E-state index contributed by atoms with van der Waals surface area (Å²) in [6, 6.07) is 15.2. The van der Waals surface area contributed by atoms with Crippen LogP contribution in [0.1, 0.15) is 36.0 Å². The molecule has 0 atom stereocenters. The van der Waals surface area contributed by atoms with E-state index in [-0.39, 0.29) is 5.91 Å². The molecule has 1 N–H and O–H groups in total. The van der Waals surface area contributed by atoms with Crippen molar-refractivity contribution in [2.45, 2.75) is 39.0 Å². The summed E-state index contributed by atoms with van der Waals surface area (Å²) >= 11 is 0. The molecule has 4 heteroatoms. The number of hydrogen-bond donors (Lipinski definition) is 1. The molecule has 2 aromatic carbocycles. The smallest absolute Gasteiger partial charge is 0.224 e. The standard InChI is InChI=1S/C24H31N3O/c1-19-6-2-3-8-23(19)27-16-14-26(15-17-27)13-5-4-7-20-9-11-22-21(18-20)10-12-24(28)25-22/h2-3,6,8-9,11,18H,4-5,7,10,12-17H2,1H3,(H,25,28). The molecule has 2 aliphatic heterocycles. The SMILES string of the molecule is Cc1ccccc1N1CCN(CCCCc2ccc3c(c2)CCC(=O)N3)CC1. The third-order valence-electron chi connectivity index (χ3n) is 6.08. The first-order valence-electron chi connectivity index (χ1n) is 10.6. The number of benzene rings is 2. The fourth-order valence-corrected chi connectivity index (χ4v) is 4.39. The lowest BCUT2D eigenvalue weighted by atomic mass is 9.98. The Balaban J connectivity index is 1.19. The summed E-state index contributed by atoms with van der Waals surface area (Å²) in [5.74, 6) is 0.141. The van der Waals surface area contributed by atoms with Crippen molar-refractivity contribution in [2.24, 2.45) is 0 Å². The Morgan fingerprint density at radius 1 is 0.964 bits per heavy atom. The van der Waals surface area contributed by atoms with Crippen LogP contribution in [0, 0.1) is 6.92 Å². The molecule has 0 saturated carbocycles. The van der Waals surface area contributed by atoms with E-state index in [0.29, 0.717) is 6.42 Å². The van der Waals surface area contributed by atoms with Gasteiger partial charge < -0.3 is 10.2 Å². The largest absolute Gasteiger partial charge is 0.369 e. The first-order valence-corrected chi connectivity index (χ1v) is 10.6. The normalized spacial score (nSPS) is 17.3. The molecule has 2 aliphatic rings. The number of fused-ring (bicyclic) bond motifs is 1. The van der Waals surface area contributed by atoms with E-state index in [0.717, 1.165) is 44.7 Å². The van der Waals surface area contributed by atoms with E-state index in [9.17, 15) is 4.79 Å². The molecule has 4 nitrogen and oxygen atoms in total. The molecule has 0 bridgehead atoms. The van der Waals surface area contributed by atoms with Gasteiger partial charge in [-0.25, -0.2) is 0 Å². The van der Waals surface area contributed by atoms with Gasteiger partial charge in [0.2, 0.25) is 5.91 Å². The molecule has 28 heavy (non-hydrogen) atoms. The number of carbonyl (C=O) groups is 1. The Hall–Kier alpha value is -2.33. The summed E-state index contributed by atoms with van der Waals surface area (Å²) in [6.45, 7) is 7.97. The van der Waals surface area contributed by atoms with Crippen molar-refractivity contribution in [2.75, 3.05) is 42.9 Å². The van der Waals surface area contributed by atoms with Crippen molar-refractivity contribution in [3.05, 3.63) is 59.2 Å². The van der Waals surface area contributed by atoms with Crippen LogP contribution in [0.5, 0.6) is 0 Å². The van der Waals surface area contributed by atoms with Gasteiger partial charge in [-0.2, -0.15) is 0 Å². The van der Waals surface area contributed by atoms with Crippen molar-refractivity contribution in [3.8, 4) is 0 Å². The molecule has 148 valence electrons. The number of anilines is 2. The number of nitrogens with one attached hydrogen (secondary N) is 1. The molecule has 1 amide bonds. The maximum atomic E-state index is 11.5. The van der Waals surface area contributed by atoms with Gasteiger partial charge in [0, 0.05) is 44.0 Å². The third kappa shape index (κ3) is 4.56. The quantitative estimate of drug-likeness (QED) is 0.772. The van der Waals surface area contributed by atoms with Crippen molar-refractivity contribution in [1.82, 2.24) is 4.90 Å². The second-order valence-corrected chi connectivity index (χ2v) is 8.11. The lowest BCUT2D eigenvalue weighted by molar-refractivity contribution is -0.116. The summed E-state index contributed by atoms with van der Waals surface area (Å²) in [5, 5.41) is 2.97. The molecule has 0 radical (unpaired) electrons. The zero-order valence-corrected chi connectivity index (χ0v) is 16.9. The van der Waals surface area contributed by atoms with Gasteiger partial charge >= 0.3 is 0 Å². The first kappa shape index (κ1) is 19.0. The molecule has 2 heterocycles. The molecule has 0 unspecified atom stereocenters. The van der Waals surface area contributed by atoms with E-state index < -0.39 is 0 Å². The molecular formula is C24H31N3O. The minimum atomic E-state index is 0.141. The lowest BCUT2D eigenvalue weighted by Crippen LogP contribution is -2.46. The van der Waals surface area contributed by atoms with E-state index in [4.69, 9.17) is 0 Å². The van der Waals surface area contributed by atoms with Gasteiger partial charge in [0.25, 0.3) is 0 Å². The highest BCUT2D eigenvalue weighted by Gasteiger charge is 2.18. The average Bonchev–Trinajstić information content (AvgIpc) is 2.72. The van der Waals surface area contributed by atoms with Gasteiger partial charge in [-0.05, 0) is 68.0 Å². The minimum Gasteiger partial charge on any atom is -0.369 e. The van der Waals surface area contributed by atoms with Crippen molar-refractivity contribution >= 4 is 17.3 Å². The third-order valence-corrected chi connectivity index (χ3v) is 6.08. The highest BCUT2D eigenvalue weighted by atomic mass is 16.1. The minimum absolute atomic E-state index is 0.141. The number of nitrogens with zero attached hydrogens (tertiary/aromatic N) is 2. The van der Waals surface area contributed by atoms with Crippen molar-refractivity contribution in [1.29, 1.82) is 0 Å². The summed E-state index contributed by atoms with van der Waals surface area (Å²) in [5.41, 5.74) is 6.47. The van der Waals surface area contributed by atoms with E-state index >= 15 is 0 Å². The fraction of sp³-hybridized carbons (Fsp3) is 0.458. The zero-order valence-electron chi connectivity index (χ0n) is 16.9. The van der Waals surface area contributed by atoms with Crippen LogP contribution in [0.25, 0.3) is 0 Å². The fourth-order valence-electron chi connectivity index (χ4n) is 4.39. The lowest BCUT2D eigenvalue weighted by Gasteiger charge is -2.36. The van der Waals surface area contributed by atoms with Gasteiger partial charge in [0.15, 0.2) is 0 Å². The number of rotatable bonds is 6. The molecule has 2 aromatic rings. The van der Waals surface area contributed by atoms with Gasteiger partial charge in [0.05, 0.1) is 0 Å². The zero-order chi connectivity index (χ0) is 19.3. The second-order valence-electron chi connectivity index (χ2n) is 8.11. The number of hydrogen-bond acceptors (Lipinski definition) is 3. The Labute approximate surface area is 168 Å². The van der Waals surface area contributed by atoms with Crippen LogP contribution in [-0.4, -0.2) is 43.5 Å². The summed E-state index contributed by atoms with van der Waals surface area (Å²) < 4.78 is 0. The molecule has 0 spiro atoms. The van der Waals surface area contributed by atoms with Gasteiger partial charge in [-0.15, -0.1) is 0 Å². The summed E-state index contributed by atoms with van der Waals surface area (Å²) in [4.78, 5) is 16.6. The van der Waals surface area contributed by atoms with Crippen LogP contribution in [0.2, 0.25) is 0 Å². The molecule has 4 rings (SSSR count). The number of unbranched alkanes of at least 4 members (excludes halogenated alkanes) is 1. The molecule has 1 fully saturated rings. The van der Waals surface area contributed by atoms with E-state index in [2.05, 4.69) is 64.5 Å². The van der Waals surface area contributed by atoms with Crippen molar-refractivity contribution in [3.63, 3.8) is 0 Å². The number of amides is 1. The highest BCUT2D eigenvalue weighted by Crippen LogP contribution is 2.24. The molecule has 0 aliphatic carbocycles. The maximum Gasteiger partial charge on any atom is 0.224 e. The number of piperazine rings is 1. The summed E-state index contributed by atoms with van der Waals surface area (Å²) in [6.07, 6.45) is 5.09. The number of para-hydroxylation sites is 1. The Bertz CT molecular complexity index is 824. The van der Waals surface area contributed by atoms with Crippen LogP contribution in [0.4, 0.5) is 11.4 Å². The topological polar surface area (TPSA) is 35.6 Å². The average molecular weight is 378 g/mol. The van der Waals surface area contributed by atoms with Gasteiger partial charge in [0.1, 0.15) is 0 Å². The molecule has 1 saturated heterocycles. The highest BCUT2D eigenvalue weighted by molar-refractivity contribution is 5.93. The maximum absolute atomic E-state index is 11.5. The monoisotopic (exact) mass is 377 g/mol. The van der Waals surface area contributed by atoms with E-state index in [1.54, 1.807) is 0 Å². The summed E-state index contributed by atoms with van der Waals surface area (Å²) in [7, 11) is 0.